The van der Waals surface area contributed by atoms with Crippen molar-refractivity contribution < 1.29 is 9.53 Å². The number of ether oxygens (including phenoxy) is 1. The first-order valence-electron chi connectivity index (χ1n) is 5.23. The van der Waals surface area contributed by atoms with Gasteiger partial charge in [0.1, 0.15) is 0 Å². The number of benzene rings is 1. The number of hydrogen-bond acceptors (Lipinski definition) is 3. The van der Waals surface area contributed by atoms with Gasteiger partial charge >= 0.3 is 5.97 Å². The third kappa shape index (κ3) is 4.27. The van der Waals surface area contributed by atoms with E-state index in [1.807, 2.05) is 45.2 Å². The van der Waals surface area contributed by atoms with Crippen LogP contribution in [0.15, 0.2) is 29.2 Å². The number of rotatable bonds is 3. The zero-order valence-electron chi connectivity index (χ0n) is 10.2. The van der Waals surface area contributed by atoms with Crippen molar-refractivity contribution in [2.24, 2.45) is 5.41 Å². The lowest BCUT2D eigenvalue weighted by molar-refractivity contribution is 0.0366. The molecule has 2 nitrogen and oxygen atoms in total. The van der Waals surface area contributed by atoms with E-state index in [0.29, 0.717) is 12.2 Å². The summed E-state index contributed by atoms with van der Waals surface area (Å²) in [5.74, 6) is -0.245. The number of thioether (sulfide) groups is 1. The molecule has 0 aliphatic rings. The summed E-state index contributed by atoms with van der Waals surface area (Å²) < 4.78 is 5.24. The van der Waals surface area contributed by atoms with Crippen molar-refractivity contribution >= 4 is 17.7 Å². The Morgan fingerprint density at radius 3 is 2.62 bits per heavy atom. The van der Waals surface area contributed by atoms with E-state index < -0.39 is 0 Å². The lowest BCUT2D eigenvalue weighted by Crippen LogP contribution is -2.18. The molecular weight excluding hydrogens is 220 g/mol. The van der Waals surface area contributed by atoms with Gasteiger partial charge in [-0.15, -0.1) is 11.8 Å². The largest absolute Gasteiger partial charge is 0.462 e. The first kappa shape index (κ1) is 13.1. The fourth-order valence-corrected chi connectivity index (χ4v) is 1.57. The quantitative estimate of drug-likeness (QED) is 0.594. The molecule has 0 amide bonds. The van der Waals surface area contributed by atoms with Crippen LogP contribution in [0.4, 0.5) is 0 Å². The zero-order valence-corrected chi connectivity index (χ0v) is 11.1. The highest BCUT2D eigenvalue weighted by Gasteiger charge is 2.15. The molecule has 16 heavy (non-hydrogen) atoms. The summed E-state index contributed by atoms with van der Waals surface area (Å²) in [5.41, 5.74) is 0.628. The maximum atomic E-state index is 11.7. The number of hydrogen-bond donors (Lipinski definition) is 0. The second-order valence-corrected chi connectivity index (χ2v) is 5.75. The van der Waals surface area contributed by atoms with Crippen LogP contribution in [0.2, 0.25) is 0 Å². The monoisotopic (exact) mass is 238 g/mol. The van der Waals surface area contributed by atoms with Crippen LogP contribution in [0.1, 0.15) is 31.1 Å². The molecule has 0 aliphatic carbocycles. The van der Waals surface area contributed by atoms with E-state index >= 15 is 0 Å². The van der Waals surface area contributed by atoms with Crippen LogP contribution in [0, 0.1) is 5.41 Å². The molecule has 1 rings (SSSR count). The molecule has 88 valence electrons. The summed E-state index contributed by atoms with van der Waals surface area (Å²) in [5, 5.41) is 0. The predicted octanol–water partition coefficient (Wildman–Crippen LogP) is 3.61. The molecular formula is C13H18O2S. The van der Waals surface area contributed by atoms with Gasteiger partial charge in [0.05, 0.1) is 12.2 Å². The smallest absolute Gasteiger partial charge is 0.338 e. The fraction of sp³-hybridized carbons (Fsp3) is 0.462. The Morgan fingerprint density at radius 1 is 1.38 bits per heavy atom. The van der Waals surface area contributed by atoms with E-state index in [-0.39, 0.29) is 11.4 Å². The molecule has 0 bridgehead atoms. The molecule has 1 aromatic rings. The van der Waals surface area contributed by atoms with Crippen molar-refractivity contribution in [3.05, 3.63) is 29.8 Å². The maximum Gasteiger partial charge on any atom is 0.338 e. The average molecular weight is 238 g/mol. The first-order chi connectivity index (χ1) is 7.42. The minimum absolute atomic E-state index is 0.00672. The van der Waals surface area contributed by atoms with Gasteiger partial charge in [-0.25, -0.2) is 4.79 Å². The highest BCUT2D eigenvalue weighted by molar-refractivity contribution is 7.98. The van der Waals surface area contributed by atoms with Gasteiger partial charge in [0.15, 0.2) is 0 Å². The Hall–Kier alpha value is -0.960. The Balaban J connectivity index is 2.66. The minimum Gasteiger partial charge on any atom is -0.462 e. The number of carbonyl (C=O) groups is 1. The molecule has 0 radical (unpaired) electrons. The van der Waals surface area contributed by atoms with Gasteiger partial charge < -0.3 is 4.74 Å². The number of esters is 1. The van der Waals surface area contributed by atoms with Crippen molar-refractivity contribution in [1.82, 2.24) is 0 Å². The van der Waals surface area contributed by atoms with Crippen molar-refractivity contribution in [3.8, 4) is 0 Å². The van der Waals surface area contributed by atoms with E-state index in [2.05, 4.69) is 0 Å². The van der Waals surface area contributed by atoms with Gasteiger partial charge in [0, 0.05) is 4.90 Å². The fourth-order valence-electron chi connectivity index (χ4n) is 1.12. The summed E-state index contributed by atoms with van der Waals surface area (Å²) in [7, 11) is 0. The molecule has 0 saturated carbocycles. The first-order valence-corrected chi connectivity index (χ1v) is 6.46. The van der Waals surface area contributed by atoms with Crippen molar-refractivity contribution in [2.75, 3.05) is 12.9 Å². The van der Waals surface area contributed by atoms with Gasteiger partial charge in [-0.3, -0.25) is 0 Å². The molecule has 0 fully saturated rings. The van der Waals surface area contributed by atoms with Crippen LogP contribution in [0.3, 0.4) is 0 Å². The van der Waals surface area contributed by atoms with E-state index in [4.69, 9.17) is 4.74 Å². The molecule has 0 N–H and O–H groups in total. The topological polar surface area (TPSA) is 26.3 Å². The van der Waals surface area contributed by atoms with E-state index in [1.54, 1.807) is 17.8 Å². The summed E-state index contributed by atoms with van der Waals surface area (Å²) in [6.07, 6.45) is 1.99. The summed E-state index contributed by atoms with van der Waals surface area (Å²) >= 11 is 1.62. The van der Waals surface area contributed by atoms with Gasteiger partial charge in [0.25, 0.3) is 0 Å². The van der Waals surface area contributed by atoms with E-state index in [0.717, 1.165) is 4.90 Å². The average Bonchev–Trinajstić information content (AvgIpc) is 2.25. The maximum absolute atomic E-state index is 11.7. The summed E-state index contributed by atoms with van der Waals surface area (Å²) in [6.45, 7) is 6.56. The molecule has 0 aliphatic heterocycles. The second-order valence-electron chi connectivity index (χ2n) is 4.87. The number of carbonyl (C=O) groups excluding carboxylic acids is 1. The van der Waals surface area contributed by atoms with Gasteiger partial charge in [-0.1, -0.05) is 26.8 Å². The SMILES string of the molecule is CSc1cccc(C(=O)OCC(C)(C)C)c1. The predicted molar refractivity (Wildman–Crippen MR) is 68.0 cm³/mol. The standard InChI is InChI=1S/C13H18O2S/c1-13(2,3)9-15-12(14)10-6-5-7-11(8-10)16-4/h5-8H,9H2,1-4H3. The van der Waals surface area contributed by atoms with Gasteiger partial charge in [0.2, 0.25) is 0 Å². The Labute approximate surface area is 101 Å². The normalized spacial score (nSPS) is 11.2. The third-order valence-corrected chi connectivity index (χ3v) is 2.67. The Bertz CT molecular complexity index is 366. The molecule has 0 atom stereocenters. The van der Waals surface area contributed by atoms with Crippen molar-refractivity contribution in [3.63, 3.8) is 0 Å². The van der Waals surface area contributed by atoms with Crippen molar-refractivity contribution in [2.45, 2.75) is 25.7 Å². The molecule has 0 spiro atoms. The van der Waals surface area contributed by atoms with E-state index in [9.17, 15) is 4.79 Å². The zero-order chi connectivity index (χ0) is 12.2. The molecule has 1 aromatic carbocycles. The third-order valence-electron chi connectivity index (χ3n) is 1.94. The highest BCUT2D eigenvalue weighted by Crippen LogP contribution is 2.18. The van der Waals surface area contributed by atoms with Crippen LogP contribution < -0.4 is 0 Å². The van der Waals surface area contributed by atoms with Gasteiger partial charge in [-0.05, 0) is 29.9 Å². The lowest BCUT2D eigenvalue weighted by Gasteiger charge is -2.17. The molecule has 0 heterocycles. The minimum atomic E-state index is -0.245. The van der Waals surface area contributed by atoms with Crippen LogP contribution >= 0.6 is 11.8 Å². The van der Waals surface area contributed by atoms with Crippen LogP contribution in [-0.4, -0.2) is 18.8 Å². The van der Waals surface area contributed by atoms with Crippen LogP contribution in [0.5, 0.6) is 0 Å². The molecule has 0 saturated heterocycles. The highest BCUT2D eigenvalue weighted by atomic mass is 32.2. The van der Waals surface area contributed by atoms with Crippen LogP contribution in [-0.2, 0) is 4.74 Å². The molecule has 0 unspecified atom stereocenters. The van der Waals surface area contributed by atoms with Gasteiger partial charge in [-0.2, -0.15) is 0 Å². The van der Waals surface area contributed by atoms with Crippen molar-refractivity contribution in [1.29, 1.82) is 0 Å². The van der Waals surface area contributed by atoms with Crippen LogP contribution in [0.25, 0.3) is 0 Å². The summed E-state index contributed by atoms with van der Waals surface area (Å²) in [6, 6.07) is 7.49. The van der Waals surface area contributed by atoms with E-state index in [1.165, 1.54) is 0 Å². The lowest BCUT2D eigenvalue weighted by atomic mass is 9.99. The molecule has 3 heteroatoms. The summed E-state index contributed by atoms with van der Waals surface area (Å²) in [4.78, 5) is 12.8. The Morgan fingerprint density at radius 2 is 2.06 bits per heavy atom. The Kier molecular flexibility index (Phi) is 4.42. The molecule has 0 aromatic heterocycles. The second kappa shape index (κ2) is 5.39.